The maximum atomic E-state index is 14.3. The molecule has 2 rings (SSSR count). The summed E-state index contributed by atoms with van der Waals surface area (Å²) in [5.41, 5.74) is 0.744. The average molecular weight is 312 g/mol. The van der Waals surface area contributed by atoms with Crippen LogP contribution in [0.25, 0.3) is 5.57 Å². The van der Waals surface area contributed by atoms with Crippen LogP contribution in [0.3, 0.4) is 0 Å². The lowest BCUT2D eigenvalue weighted by molar-refractivity contribution is 0.439. The van der Waals surface area contributed by atoms with Crippen molar-refractivity contribution in [1.82, 2.24) is 0 Å². The van der Waals surface area contributed by atoms with Gasteiger partial charge in [0.25, 0.3) is 0 Å². The molecule has 0 heterocycles. The van der Waals surface area contributed by atoms with Crippen molar-refractivity contribution in [1.29, 1.82) is 0 Å². The van der Waals surface area contributed by atoms with Crippen molar-refractivity contribution in [2.45, 2.75) is 44.9 Å². The van der Waals surface area contributed by atoms with Gasteiger partial charge in [-0.05, 0) is 55.0 Å². The van der Waals surface area contributed by atoms with E-state index in [4.69, 9.17) is 0 Å². The van der Waals surface area contributed by atoms with Crippen LogP contribution in [0.2, 0.25) is 0 Å². The fraction of sp³-hybridized carbons (Fsp3) is 0.444. The van der Waals surface area contributed by atoms with E-state index in [0.717, 1.165) is 31.8 Å². The molecule has 0 radical (unpaired) electrons. The van der Waals surface area contributed by atoms with Crippen molar-refractivity contribution in [3.05, 3.63) is 52.9 Å². The zero-order chi connectivity index (χ0) is 16.1. The lowest BCUT2D eigenvalue weighted by atomic mass is 9.83. The minimum Gasteiger partial charge on any atom is -0.243 e. The highest BCUT2D eigenvalue weighted by Crippen LogP contribution is 2.35. The molecule has 0 amide bonds. The van der Waals surface area contributed by atoms with Gasteiger partial charge in [-0.3, -0.25) is 0 Å². The molecule has 0 unspecified atom stereocenters. The molecular weight excluding hydrogens is 292 g/mol. The number of rotatable bonds is 4. The topological polar surface area (TPSA) is 0 Å². The zero-order valence-corrected chi connectivity index (χ0v) is 12.6. The van der Waals surface area contributed by atoms with Gasteiger partial charge in [0, 0.05) is 5.56 Å². The van der Waals surface area contributed by atoms with Crippen LogP contribution >= 0.6 is 0 Å². The van der Waals surface area contributed by atoms with E-state index in [1.54, 1.807) is 0 Å². The third-order valence-electron chi connectivity index (χ3n) is 4.18. The van der Waals surface area contributed by atoms with Crippen LogP contribution in [0.15, 0.2) is 30.1 Å². The summed E-state index contributed by atoms with van der Waals surface area (Å²) in [5, 5.41) is 0. The maximum absolute atomic E-state index is 14.3. The highest BCUT2D eigenvalue weighted by Gasteiger charge is 2.20. The molecule has 0 saturated heterocycles. The van der Waals surface area contributed by atoms with Crippen LogP contribution < -0.4 is 0 Å². The van der Waals surface area contributed by atoms with Crippen LogP contribution in [0.1, 0.15) is 56.1 Å². The van der Waals surface area contributed by atoms with Crippen molar-refractivity contribution < 1.29 is 17.6 Å². The van der Waals surface area contributed by atoms with E-state index in [1.165, 1.54) is 31.6 Å². The first-order chi connectivity index (χ1) is 10.5. The van der Waals surface area contributed by atoms with Gasteiger partial charge in [0.1, 0.15) is 24.1 Å². The predicted octanol–water partition coefficient (Wildman–Crippen LogP) is 6.24. The highest BCUT2D eigenvalue weighted by molar-refractivity contribution is 5.66. The molecule has 0 spiro atoms. The average Bonchev–Trinajstić information content (AvgIpc) is 2.52. The van der Waals surface area contributed by atoms with Crippen LogP contribution in [0.5, 0.6) is 0 Å². The third kappa shape index (κ3) is 3.99. The summed E-state index contributed by atoms with van der Waals surface area (Å²) in [6, 6.07) is 2.75. The van der Waals surface area contributed by atoms with Crippen molar-refractivity contribution in [3.8, 4) is 0 Å². The molecule has 1 aromatic rings. The molecule has 22 heavy (non-hydrogen) atoms. The van der Waals surface area contributed by atoms with Crippen molar-refractivity contribution in [3.63, 3.8) is 0 Å². The molecule has 1 aliphatic carbocycles. The summed E-state index contributed by atoms with van der Waals surface area (Å²) in [4.78, 5) is 0. The Bertz CT molecular complexity index is 558. The summed E-state index contributed by atoms with van der Waals surface area (Å²) in [7, 11) is 0. The van der Waals surface area contributed by atoms with Gasteiger partial charge in [-0.15, -0.1) is 0 Å². The summed E-state index contributed by atoms with van der Waals surface area (Å²) in [6.45, 7) is 0.249. The van der Waals surface area contributed by atoms with Crippen LogP contribution in [-0.2, 0) is 0 Å². The number of alkyl halides is 1. The summed E-state index contributed by atoms with van der Waals surface area (Å²) < 4.78 is 53.3. The van der Waals surface area contributed by atoms with E-state index < -0.39 is 24.1 Å². The van der Waals surface area contributed by atoms with Crippen LogP contribution in [0.4, 0.5) is 17.6 Å². The fourth-order valence-corrected chi connectivity index (χ4v) is 2.98. The van der Waals surface area contributed by atoms with Gasteiger partial charge < -0.3 is 0 Å². The first-order valence-corrected chi connectivity index (χ1v) is 7.61. The summed E-state index contributed by atoms with van der Waals surface area (Å²) in [6.07, 6.45) is 7.34. The smallest absolute Gasteiger partial charge is 0.141 e. The van der Waals surface area contributed by atoms with Crippen LogP contribution in [-0.4, -0.2) is 6.67 Å². The van der Waals surface area contributed by atoms with Gasteiger partial charge >= 0.3 is 0 Å². The maximum Gasteiger partial charge on any atom is 0.141 e. The minimum atomic E-state index is -1.23. The van der Waals surface area contributed by atoms with Gasteiger partial charge in [-0.25, -0.2) is 17.6 Å². The molecule has 0 aromatic heterocycles. The standard InChI is InChI=1S/C18H20F4/c1-12(7-8-15(20)11-19)18-16(21)9-14(10-17(18)22)13-5-3-2-4-6-13/h7-10,13H,2-6,11H2,1H3/b12-7+,15-8+. The zero-order valence-electron chi connectivity index (χ0n) is 12.6. The van der Waals surface area contributed by atoms with Crippen molar-refractivity contribution in [2.75, 3.05) is 6.67 Å². The molecule has 1 aliphatic rings. The molecule has 0 atom stereocenters. The number of halogens is 4. The van der Waals surface area contributed by atoms with Gasteiger partial charge in [-0.1, -0.05) is 25.3 Å². The van der Waals surface area contributed by atoms with E-state index in [9.17, 15) is 17.6 Å². The molecule has 0 nitrogen and oxygen atoms in total. The molecule has 1 fully saturated rings. The SMILES string of the molecule is C/C(=C\C=C(\F)CF)c1c(F)cc(C2CCCCC2)cc1F. The first-order valence-electron chi connectivity index (χ1n) is 7.61. The monoisotopic (exact) mass is 312 g/mol. The van der Waals surface area contributed by atoms with Gasteiger partial charge in [0.2, 0.25) is 0 Å². The number of hydrogen-bond acceptors (Lipinski definition) is 0. The lowest BCUT2D eigenvalue weighted by Crippen LogP contribution is -2.06. The third-order valence-corrected chi connectivity index (χ3v) is 4.18. The van der Waals surface area contributed by atoms with Crippen LogP contribution in [0, 0.1) is 11.6 Å². The van der Waals surface area contributed by atoms with E-state index in [-0.39, 0.29) is 17.1 Å². The molecule has 0 N–H and O–H groups in total. The van der Waals surface area contributed by atoms with Gasteiger partial charge in [0.05, 0.1) is 0 Å². The largest absolute Gasteiger partial charge is 0.243 e. The molecule has 0 aliphatic heterocycles. The normalized spacial score (nSPS) is 17.9. The number of allylic oxidation sites excluding steroid dienone is 4. The van der Waals surface area contributed by atoms with Crippen molar-refractivity contribution >= 4 is 5.57 Å². The Balaban J connectivity index is 2.30. The Morgan fingerprint density at radius 3 is 2.23 bits per heavy atom. The Hall–Kier alpha value is -1.58. The Labute approximate surface area is 128 Å². The predicted molar refractivity (Wildman–Crippen MR) is 81.0 cm³/mol. The quantitative estimate of drug-likeness (QED) is 0.456. The fourth-order valence-electron chi connectivity index (χ4n) is 2.98. The first kappa shape index (κ1) is 16.8. The van der Waals surface area contributed by atoms with Gasteiger partial charge in [0.15, 0.2) is 0 Å². The second kappa shape index (κ2) is 7.61. The summed E-state index contributed by atoms with van der Waals surface area (Å²) in [5.74, 6) is -2.06. The summed E-state index contributed by atoms with van der Waals surface area (Å²) >= 11 is 0. The molecule has 120 valence electrons. The highest BCUT2D eigenvalue weighted by atomic mass is 19.2. The second-order valence-electron chi connectivity index (χ2n) is 5.79. The van der Waals surface area contributed by atoms with Crippen molar-refractivity contribution in [2.24, 2.45) is 0 Å². The number of benzene rings is 1. The van der Waals surface area contributed by atoms with E-state index in [0.29, 0.717) is 5.56 Å². The minimum absolute atomic E-state index is 0.178. The second-order valence-corrected chi connectivity index (χ2v) is 5.79. The van der Waals surface area contributed by atoms with E-state index in [1.807, 2.05) is 0 Å². The Kier molecular flexibility index (Phi) is 5.81. The lowest BCUT2D eigenvalue weighted by Gasteiger charge is -2.22. The molecule has 4 heteroatoms. The van der Waals surface area contributed by atoms with E-state index >= 15 is 0 Å². The Morgan fingerprint density at radius 1 is 1.09 bits per heavy atom. The molecule has 1 saturated carbocycles. The Morgan fingerprint density at radius 2 is 1.68 bits per heavy atom. The molecule has 0 bridgehead atoms. The molecular formula is C18H20F4. The number of hydrogen-bond donors (Lipinski definition) is 0. The van der Waals surface area contributed by atoms with E-state index in [2.05, 4.69) is 0 Å². The van der Waals surface area contributed by atoms with Gasteiger partial charge in [-0.2, -0.15) is 0 Å². The molecule has 1 aromatic carbocycles.